The predicted molar refractivity (Wildman–Crippen MR) is 92.7 cm³/mol. The highest BCUT2D eigenvalue weighted by Gasteiger charge is 2.07. The summed E-state index contributed by atoms with van der Waals surface area (Å²) in [5.41, 5.74) is 0.788. The van der Waals surface area contributed by atoms with Crippen molar-refractivity contribution in [2.75, 3.05) is 0 Å². The molecule has 0 bridgehead atoms. The van der Waals surface area contributed by atoms with Gasteiger partial charge in [0.1, 0.15) is 0 Å². The maximum Gasteiger partial charge on any atom is 0.337 e. The van der Waals surface area contributed by atoms with Crippen molar-refractivity contribution in [1.29, 1.82) is 0 Å². The summed E-state index contributed by atoms with van der Waals surface area (Å²) < 4.78 is 0. The molecule has 4 rings (SSSR count). The number of hydrogen-bond donors (Lipinski definition) is 1. The number of fused-ring (bicyclic) bond motifs is 2. The van der Waals surface area contributed by atoms with Crippen LogP contribution in [0.4, 0.5) is 0 Å². The molecule has 23 heavy (non-hydrogen) atoms. The molecule has 0 aliphatic rings. The summed E-state index contributed by atoms with van der Waals surface area (Å²) in [7, 11) is 0. The Morgan fingerprint density at radius 1 is 0.696 bits per heavy atom. The second kappa shape index (κ2) is 6.71. The molecular formula is C20H15NO2. The number of carboxylic acid groups (broad SMARTS) is 1. The smallest absolute Gasteiger partial charge is 0.337 e. The summed E-state index contributed by atoms with van der Waals surface area (Å²) >= 11 is 0. The molecule has 0 atom stereocenters. The van der Waals surface area contributed by atoms with Gasteiger partial charge < -0.3 is 5.11 Å². The van der Waals surface area contributed by atoms with Crippen LogP contribution in [0.5, 0.6) is 0 Å². The lowest BCUT2D eigenvalue weighted by atomic mass is 10.1. The van der Waals surface area contributed by atoms with Gasteiger partial charge in [0.15, 0.2) is 0 Å². The number of nitrogens with zero attached hydrogens (tertiary/aromatic N) is 1. The van der Waals surface area contributed by atoms with Crippen molar-refractivity contribution in [2.24, 2.45) is 0 Å². The molecule has 1 N–H and O–H groups in total. The van der Waals surface area contributed by atoms with Crippen molar-refractivity contribution in [3.05, 3.63) is 90.6 Å². The second-order valence-corrected chi connectivity index (χ2v) is 5.03. The van der Waals surface area contributed by atoms with Crippen LogP contribution in [0.2, 0.25) is 0 Å². The van der Waals surface area contributed by atoms with Crippen LogP contribution >= 0.6 is 0 Å². The third-order valence-electron chi connectivity index (χ3n) is 3.52. The lowest BCUT2D eigenvalue weighted by Gasteiger charge is -1.99. The maximum absolute atomic E-state index is 10.8. The number of aromatic carboxylic acids is 1. The van der Waals surface area contributed by atoms with Crippen LogP contribution in [0.15, 0.2) is 85.1 Å². The number of carboxylic acids is 1. The van der Waals surface area contributed by atoms with Gasteiger partial charge in [-0.1, -0.05) is 66.7 Å². The largest absolute Gasteiger partial charge is 0.478 e. The Bertz CT molecular complexity index is 893. The molecule has 0 spiro atoms. The molecule has 0 radical (unpaired) electrons. The van der Waals surface area contributed by atoms with Gasteiger partial charge in [-0.15, -0.1) is 0 Å². The quantitative estimate of drug-likeness (QED) is 0.551. The van der Waals surface area contributed by atoms with Gasteiger partial charge in [-0.05, 0) is 22.9 Å². The van der Waals surface area contributed by atoms with Crippen LogP contribution in [-0.2, 0) is 0 Å². The third-order valence-corrected chi connectivity index (χ3v) is 3.52. The van der Waals surface area contributed by atoms with Gasteiger partial charge in [-0.25, -0.2) is 4.79 Å². The summed E-state index contributed by atoms with van der Waals surface area (Å²) in [4.78, 5) is 14.8. The van der Waals surface area contributed by atoms with Gasteiger partial charge in [0.2, 0.25) is 0 Å². The van der Waals surface area contributed by atoms with E-state index in [4.69, 9.17) is 5.11 Å². The molecule has 0 aliphatic heterocycles. The highest BCUT2D eigenvalue weighted by Crippen LogP contribution is 2.15. The molecule has 3 nitrogen and oxygen atoms in total. The van der Waals surface area contributed by atoms with Gasteiger partial charge >= 0.3 is 5.97 Å². The normalized spacial score (nSPS) is 10.1. The van der Waals surface area contributed by atoms with E-state index in [9.17, 15) is 4.79 Å². The van der Waals surface area contributed by atoms with Gasteiger partial charge in [0.25, 0.3) is 0 Å². The minimum absolute atomic E-state index is 0.248. The van der Waals surface area contributed by atoms with E-state index in [2.05, 4.69) is 53.5 Å². The molecule has 0 saturated heterocycles. The average Bonchev–Trinajstić information content (AvgIpc) is 2.62. The fourth-order valence-corrected chi connectivity index (χ4v) is 2.41. The number of benzene rings is 3. The summed E-state index contributed by atoms with van der Waals surface area (Å²) in [6.45, 7) is 0. The molecule has 0 saturated carbocycles. The molecular weight excluding hydrogens is 286 g/mol. The standard InChI is InChI=1S/C10H7NO2.C10H8/c12-10(13)8-5-1-3-7-4-2-6-11-9(7)8;1-2-6-10-8-4-3-7-9(10)5-1/h1-6H,(H,12,13);1-8H. The van der Waals surface area contributed by atoms with Gasteiger partial charge in [-0.2, -0.15) is 0 Å². The van der Waals surface area contributed by atoms with Crippen molar-refractivity contribution in [3.8, 4) is 0 Å². The molecule has 0 unspecified atom stereocenters. The molecule has 3 aromatic carbocycles. The topological polar surface area (TPSA) is 50.2 Å². The molecule has 112 valence electrons. The summed E-state index contributed by atoms with van der Waals surface area (Å²) in [5, 5.41) is 12.3. The van der Waals surface area contributed by atoms with Crippen LogP contribution in [-0.4, -0.2) is 16.1 Å². The number of rotatable bonds is 1. The van der Waals surface area contributed by atoms with Crippen LogP contribution in [0.25, 0.3) is 21.7 Å². The first-order valence-corrected chi connectivity index (χ1v) is 7.26. The zero-order valence-corrected chi connectivity index (χ0v) is 12.4. The van der Waals surface area contributed by atoms with Crippen molar-refractivity contribution < 1.29 is 9.90 Å². The van der Waals surface area contributed by atoms with Crippen LogP contribution < -0.4 is 0 Å². The first-order valence-electron chi connectivity index (χ1n) is 7.26. The number of aromatic nitrogens is 1. The average molecular weight is 301 g/mol. The Morgan fingerprint density at radius 3 is 1.78 bits per heavy atom. The number of pyridine rings is 1. The van der Waals surface area contributed by atoms with Crippen molar-refractivity contribution in [1.82, 2.24) is 4.98 Å². The lowest BCUT2D eigenvalue weighted by molar-refractivity contribution is 0.0699. The number of hydrogen-bond acceptors (Lipinski definition) is 2. The molecule has 3 heteroatoms. The molecule has 0 aliphatic carbocycles. The van der Waals surface area contributed by atoms with Gasteiger partial charge in [0.05, 0.1) is 11.1 Å². The zero-order chi connectivity index (χ0) is 16.1. The zero-order valence-electron chi connectivity index (χ0n) is 12.4. The Kier molecular flexibility index (Phi) is 4.29. The fraction of sp³-hybridized carbons (Fsp3) is 0. The van der Waals surface area contributed by atoms with Crippen LogP contribution in [0, 0.1) is 0 Å². The van der Waals surface area contributed by atoms with E-state index in [0.29, 0.717) is 5.52 Å². The third kappa shape index (κ3) is 3.35. The summed E-state index contributed by atoms with van der Waals surface area (Å²) in [5.74, 6) is -0.940. The first-order chi connectivity index (χ1) is 11.3. The van der Waals surface area contributed by atoms with E-state index < -0.39 is 5.97 Å². The highest BCUT2D eigenvalue weighted by atomic mass is 16.4. The highest BCUT2D eigenvalue weighted by molar-refractivity contribution is 6.01. The minimum Gasteiger partial charge on any atom is -0.478 e. The minimum atomic E-state index is -0.940. The molecule has 1 aromatic heterocycles. The molecule has 0 amide bonds. The van der Waals surface area contributed by atoms with E-state index in [0.717, 1.165) is 5.39 Å². The maximum atomic E-state index is 10.8. The SMILES string of the molecule is O=C(O)c1cccc2cccnc12.c1ccc2ccccc2c1. The Hall–Kier alpha value is -3.20. The van der Waals surface area contributed by atoms with E-state index in [-0.39, 0.29) is 5.56 Å². The monoisotopic (exact) mass is 301 g/mol. The second-order valence-electron chi connectivity index (χ2n) is 5.03. The summed E-state index contributed by atoms with van der Waals surface area (Å²) in [6, 6.07) is 25.5. The fourth-order valence-electron chi connectivity index (χ4n) is 2.41. The van der Waals surface area contributed by atoms with Gasteiger partial charge in [0, 0.05) is 11.6 Å². The van der Waals surface area contributed by atoms with E-state index in [1.807, 2.05) is 12.1 Å². The van der Waals surface area contributed by atoms with Crippen LogP contribution in [0.3, 0.4) is 0 Å². The van der Waals surface area contributed by atoms with Crippen LogP contribution in [0.1, 0.15) is 10.4 Å². The van der Waals surface area contributed by atoms with Crippen molar-refractivity contribution >= 4 is 27.6 Å². The van der Waals surface area contributed by atoms with E-state index in [1.54, 1.807) is 24.4 Å². The summed E-state index contributed by atoms with van der Waals surface area (Å²) in [6.07, 6.45) is 1.59. The van der Waals surface area contributed by atoms with Crippen molar-refractivity contribution in [3.63, 3.8) is 0 Å². The molecule has 4 aromatic rings. The van der Waals surface area contributed by atoms with Gasteiger partial charge in [-0.3, -0.25) is 4.98 Å². The molecule has 1 heterocycles. The number of carbonyl (C=O) groups is 1. The Morgan fingerprint density at radius 2 is 1.22 bits per heavy atom. The lowest BCUT2D eigenvalue weighted by Crippen LogP contribution is -1.97. The number of para-hydroxylation sites is 1. The first kappa shape index (κ1) is 14.7. The van der Waals surface area contributed by atoms with Crippen molar-refractivity contribution in [2.45, 2.75) is 0 Å². The van der Waals surface area contributed by atoms with E-state index >= 15 is 0 Å². The predicted octanol–water partition coefficient (Wildman–Crippen LogP) is 4.77. The Balaban J connectivity index is 0.000000140. The molecule has 0 fully saturated rings. The Labute approximate surface area is 133 Å². The van der Waals surface area contributed by atoms with E-state index in [1.165, 1.54) is 10.8 Å².